The van der Waals surface area contributed by atoms with E-state index in [2.05, 4.69) is 12.2 Å². The van der Waals surface area contributed by atoms with Crippen molar-refractivity contribution in [3.8, 4) is 0 Å². The Morgan fingerprint density at radius 3 is 2.24 bits per heavy atom. The lowest BCUT2D eigenvalue weighted by atomic mass is 9.85. The van der Waals surface area contributed by atoms with Gasteiger partial charge in [-0.05, 0) is 40.2 Å². The van der Waals surface area contributed by atoms with E-state index in [0.29, 0.717) is 6.42 Å². The zero-order valence-corrected chi connectivity index (χ0v) is 12.1. The third kappa shape index (κ3) is 6.64. The number of esters is 1. The zero-order valence-electron chi connectivity index (χ0n) is 12.1. The number of nitrogens with one attached hydrogen (secondary N) is 1. The molecule has 1 unspecified atom stereocenters. The molecule has 0 heterocycles. The molecule has 0 bridgehead atoms. The Bertz CT molecular complexity index is 241. The van der Waals surface area contributed by atoms with Crippen LogP contribution in [0.4, 0.5) is 0 Å². The summed E-state index contributed by atoms with van der Waals surface area (Å²) in [4.78, 5) is 11.5. The Morgan fingerprint density at radius 2 is 1.82 bits per heavy atom. The molecular weight excluding hydrogens is 218 g/mol. The number of ether oxygens (including phenoxy) is 2. The van der Waals surface area contributed by atoms with Crippen LogP contribution < -0.4 is 5.32 Å². The lowest BCUT2D eigenvalue weighted by molar-refractivity contribution is -0.142. The molecule has 1 N–H and O–H groups in total. The summed E-state index contributed by atoms with van der Waals surface area (Å²) in [6, 6.07) is 0. The van der Waals surface area contributed by atoms with Crippen LogP contribution in [0.2, 0.25) is 0 Å². The van der Waals surface area contributed by atoms with Crippen molar-refractivity contribution in [1.29, 1.82) is 0 Å². The highest BCUT2D eigenvalue weighted by atomic mass is 16.5. The van der Waals surface area contributed by atoms with E-state index in [1.807, 2.05) is 20.8 Å². The van der Waals surface area contributed by atoms with Crippen molar-refractivity contribution in [1.82, 2.24) is 5.32 Å². The molecule has 0 aromatic carbocycles. The summed E-state index contributed by atoms with van der Waals surface area (Å²) < 4.78 is 10.2. The Balaban J connectivity index is 4.65. The van der Waals surface area contributed by atoms with Crippen molar-refractivity contribution >= 4 is 5.97 Å². The van der Waals surface area contributed by atoms with Crippen LogP contribution in [0.25, 0.3) is 0 Å². The molecule has 0 aromatic rings. The average Bonchev–Trinajstić information content (AvgIpc) is 2.25. The van der Waals surface area contributed by atoms with E-state index >= 15 is 0 Å². The third-order valence-electron chi connectivity index (χ3n) is 2.93. The van der Waals surface area contributed by atoms with Gasteiger partial charge >= 0.3 is 5.97 Å². The molecule has 0 saturated carbocycles. The average molecular weight is 245 g/mol. The van der Waals surface area contributed by atoms with Crippen molar-refractivity contribution in [3.05, 3.63) is 0 Å². The highest BCUT2D eigenvalue weighted by molar-refractivity contribution is 5.70. The van der Waals surface area contributed by atoms with Crippen LogP contribution >= 0.6 is 0 Å². The van der Waals surface area contributed by atoms with Gasteiger partial charge in [0.1, 0.15) is 0 Å². The predicted molar refractivity (Wildman–Crippen MR) is 69.0 cm³/mol. The van der Waals surface area contributed by atoms with Gasteiger partial charge in [-0.25, -0.2) is 0 Å². The molecule has 0 aliphatic carbocycles. The van der Waals surface area contributed by atoms with Gasteiger partial charge in [0.15, 0.2) is 0 Å². The molecular formula is C13H27NO3. The van der Waals surface area contributed by atoms with E-state index in [9.17, 15) is 4.79 Å². The molecule has 0 amide bonds. The summed E-state index contributed by atoms with van der Waals surface area (Å²) in [5, 5.41) is 3.42. The lowest BCUT2D eigenvalue weighted by Gasteiger charge is -2.37. The number of hydrogen-bond donors (Lipinski definition) is 1. The van der Waals surface area contributed by atoms with Gasteiger partial charge in [0.05, 0.1) is 19.1 Å². The molecule has 0 radical (unpaired) electrons. The van der Waals surface area contributed by atoms with Crippen LogP contribution in [0.3, 0.4) is 0 Å². The lowest BCUT2D eigenvalue weighted by Crippen LogP contribution is -2.49. The maximum absolute atomic E-state index is 11.5. The maximum Gasteiger partial charge on any atom is 0.307 e. The van der Waals surface area contributed by atoms with Gasteiger partial charge in [-0.15, -0.1) is 0 Å². The van der Waals surface area contributed by atoms with Crippen molar-refractivity contribution in [2.24, 2.45) is 0 Å². The summed E-state index contributed by atoms with van der Waals surface area (Å²) in [7, 11) is 3.11. The third-order valence-corrected chi connectivity index (χ3v) is 2.93. The van der Waals surface area contributed by atoms with Crippen LogP contribution in [0.15, 0.2) is 0 Å². The molecule has 4 heteroatoms. The van der Waals surface area contributed by atoms with E-state index < -0.39 is 0 Å². The van der Waals surface area contributed by atoms with Gasteiger partial charge in [0.2, 0.25) is 0 Å². The van der Waals surface area contributed by atoms with Crippen LogP contribution in [0, 0.1) is 0 Å². The highest BCUT2D eigenvalue weighted by Crippen LogP contribution is 2.26. The van der Waals surface area contributed by atoms with Gasteiger partial charge in [0, 0.05) is 12.6 Å². The number of methoxy groups -OCH3 is 2. The highest BCUT2D eigenvalue weighted by Gasteiger charge is 2.34. The van der Waals surface area contributed by atoms with Crippen molar-refractivity contribution in [3.63, 3.8) is 0 Å². The van der Waals surface area contributed by atoms with Crippen LogP contribution in [-0.4, -0.2) is 37.9 Å². The molecule has 0 fully saturated rings. The van der Waals surface area contributed by atoms with E-state index in [0.717, 1.165) is 19.4 Å². The van der Waals surface area contributed by atoms with Gasteiger partial charge < -0.3 is 14.8 Å². The second kappa shape index (κ2) is 6.97. The summed E-state index contributed by atoms with van der Waals surface area (Å²) in [6.07, 6.45) is 2.14. The number of hydrogen-bond acceptors (Lipinski definition) is 4. The molecule has 102 valence electrons. The van der Waals surface area contributed by atoms with E-state index in [-0.39, 0.29) is 17.1 Å². The van der Waals surface area contributed by atoms with Crippen LogP contribution in [-0.2, 0) is 14.3 Å². The van der Waals surface area contributed by atoms with E-state index in [4.69, 9.17) is 9.47 Å². The van der Waals surface area contributed by atoms with Gasteiger partial charge in [0.25, 0.3) is 0 Å². The molecule has 0 saturated heterocycles. The van der Waals surface area contributed by atoms with Gasteiger partial charge in [-0.3, -0.25) is 4.79 Å². The second-order valence-electron chi connectivity index (χ2n) is 5.38. The first-order valence-corrected chi connectivity index (χ1v) is 6.15. The number of carbonyl (C=O) groups is 1. The summed E-state index contributed by atoms with van der Waals surface area (Å²) in [5.74, 6) is -0.192. The fraction of sp³-hybridized carbons (Fsp3) is 0.923. The molecule has 0 rings (SSSR count). The Hall–Kier alpha value is -0.610. The molecule has 4 nitrogen and oxygen atoms in total. The first kappa shape index (κ1) is 16.4. The SMILES string of the molecule is CCCNC(C)(CC(=O)OC)CC(C)(C)OC. The van der Waals surface area contributed by atoms with Gasteiger partial charge in [-0.1, -0.05) is 6.92 Å². The Labute approximate surface area is 105 Å². The summed E-state index contributed by atoms with van der Waals surface area (Å²) in [5.41, 5.74) is -0.549. The zero-order chi connectivity index (χ0) is 13.5. The molecule has 17 heavy (non-hydrogen) atoms. The monoisotopic (exact) mass is 245 g/mol. The minimum Gasteiger partial charge on any atom is -0.469 e. The first-order chi connectivity index (χ1) is 7.78. The predicted octanol–water partition coefficient (Wildman–Crippen LogP) is 2.12. The van der Waals surface area contributed by atoms with Crippen molar-refractivity contribution < 1.29 is 14.3 Å². The van der Waals surface area contributed by atoms with Crippen molar-refractivity contribution in [2.75, 3.05) is 20.8 Å². The Kier molecular flexibility index (Phi) is 6.72. The molecule has 0 spiro atoms. The fourth-order valence-corrected chi connectivity index (χ4v) is 2.02. The second-order valence-corrected chi connectivity index (χ2v) is 5.38. The van der Waals surface area contributed by atoms with Crippen LogP contribution in [0.5, 0.6) is 0 Å². The quantitative estimate of drug-likeness (QED) is 0.665. The molecule has 1 atom stereocenters. The normalized spacial score (nSPS) is 15.4. The Morgan fingerprint density at radius 1 is 1.24 bits per heavy atom. The number of rotatable bonds is 8. The smallest absolute Gasteiger partial charge is 0.307 e. The standard InChI is InChI=1S/C13H27NO3/c1-7-8-14-13(4,9-11(15)16-5)10-12(2,3)17-6/h14H,7-10H2,1-6H3. The summed E-state index contributed by atoms with van der Waals surface area (Å²) >= 11 is 0. The van der Waals surface area contributed by atoms with Crippen molar-refractivity contribution in [2.45, 2.75) is 58.1 Å². The first-order valence-electron chi connectivity index (χ1n) is 6.15. The minimum atomic E-state index is -0.289. The molecule has 0 aliphatic rings. The van der Waals surface area contributed by atoms with E-state index in [1.54, 1.807) is 7.11 Å². The molecule has 0 aromatic heterocycles. The van der Waals surface area contributed by atoms with E-state index in [1.165, 1.54) is 7.11 Å². The largest absolute Gasteiger partial charge is 0.469 e. The molecule has 0 aliphatic heterocycles. The maximum atomic E-state index is 11.5. The van der Waals surface area contributed by atoms with Gasteiger partial charge in [-0.2, -0.15) is 0 Å². The van der Waals surface area contributed by atoms with Crippen LogP contribution in [0.1, 0.15) is 47.0 Å². The minimum absolute atomic E-state index is 0.192. The topological polar surface area (TPSA) is 47.6 Å². The fourth-order valence-electron chi connectivity index (χ4n) is 2.02. The summed E-state index contributed by atoms with van der Waals surface area (Å²) in [6.45, 7) is 9.08. The number of carbonyl (C=O) groups excluding carboxylic acids is 1.